The van der Waals surface area contributed by atoms with Crippen molar-refractivity contribution in [1.82, 2.24) is 10.6 Å². The Kier molecular flexibility index (Phi) is 4.90. The Morgan fingerprint density at radius 3 is 2.87 bits per heavy atom. The Labute approximate surface area is 90.0 Å². The molecule has 0 aliphatic heterocycles. The highest BCUT2D eigenvalue weighted by molar-refractivity contribution is 5.77. The summed E-state index contributed by atoms with van der Waals surface area (Å²) >= 11 is 0. The molecule has 1 amide bonds. The van der Waals surface area contributed by atoms with E-state index >= 15 is 0 Å². The van der Waals surface area contributed by atoms with Crippen molar-refractivity contribution in [3.63, 3.8) is 0 Å². The molecular formula is C11H18N2O2. The standard InChI is InChI=1S/C11H18N2O2/c1-3-6-13-11(14)8-12-7-10-5-4-9(2)15-10/h4-5,12H,3,6-8H2,1-2H3,(H,13,14). The van der Waals surface area contributed by atoms with Gasteiger partial charge in [0.15, 0.2) is 0 Å². The maximum Gasteiger partial charge on any atom is 0.233 e. The van der Waals surface area contributed by atoms with Crippen LogP contribution in [-0.4, -0.2) is 19.0 Å². The highest BCUT2D eigenvalue weighted by Crippen LogP contribution is 2.04. The SMILES string of the molecule is CCCNC(=O)CNCc1ccc(C)o1. The van der Waals surface area contributed by atoms with Gasteiger partial charge in [-0.05, 0) is 25.5 Å². The van der Waals surface area contributed by atoms with Gasteiger partial charge >= 0.3 is 0 Å². The molecule has 0 unspecified atom stereocenters. The van der Waals surface area contributed by atoms with Crippen molar-refractivity contribution in [3.05, 3.63) is 23.7 Å². The van der Waals surface area contributed by atoms with Gasteiger partial charge in [-0.2, -0.15) is 0 Å². The van der Waals surface area contributed by atoms with E-state index in [1.165, 1.54) is 0 Å². The smallest absolute Gasteiger partial charge is 0.233 e. The molecule has 4 heteroatoms. The lowest BCUT2D eigenvalue weighted by Gasteiger charge is -2.03. The van der Waals surface area contributed by atoms with Crippen molar-refractivity contribution in [2.75, 3.05) is 13.1 Å². The van der Waals surface area contributed by atoms with Crippen LogP contribution in [-0.2, 0) is 11.3 Å². The molecule has 0 aliphatic rings. The first-order chi connectivity index (χ1) is 7.22. The van der Waals surface area contributed by atoms with E-state index in [0.29, 0.717) is 13.1 Å². The molecule has 0 aliphatic carbocycles. The second-order valence-electron chi connectivity index (χ2n) is 3.47. The van der Waals surface area contributed by atoms with Crippen LogP contribution in [0, 0.1) is 6.92 Å². The van der Waals surface area contributed by atoms with Crippen molar-refractivity contribution in [1.29, 1.82) is 0 Å². The minimum atomic E-state index is 0.0279. The molecule has 0 spiro atoms. The van der Waals surface area contributed by atoms with Crippen molar-refractivity contribution in [2.24, 2.45) is 0 Å². The first-order valence-electron chi connectivity index (χ1n) is 5.25. The lowest BCUT2D eigenvalue weighted by molar-refractivity contribution is -0.120. The predicted octanol–water partition coefficient (Wildman–Crippen LogP) is 1.20. The zero-order chi connectivity index (χ0) is 11.1. The summed E-state index contributed by atoms with van der Waals surface area (Å²) in [5.41, 5.74) is 0. The number of rotatable bonds is 6. The Bertz CT molecular complexity index is 307. The fourth-order valence-electron chi connectivity index (χ4n) is 1.21. The van der Waals surface area contributed by atoms with Gasteiger partial charge in [-0.3, -0.25) is 4.79 Å². The van der Waals surface area contributed by atoms with Crippen LogP contribution in [0.5, 0.6) is 0 Å². The summed E-state index contributed by atoms with van der Waals surface area (Å²) in [6, 6.07) is 3.82. The molecule has 0 aromatic carbocycles. The molecule has 4 nitrogen and oxygen atoms in total. The summed E-state index contributed by atoms with van der Waals surface area (Å²) < 4.78 is 5.35. The van der Waals surface area contributed by atoms with Gasteiger partial charge in [0.1, 0.15) is 11.5 Å². The van der Waals surface area contributed by atoms with E-state index < -0.39 is 0 Å². The number of hydrogen-bond acceptors (Lipinski definition) is 3. The van der Waals surface area contributed by atoms with Crippen LogP contribution in [0.4, 0.5) is 0 Å². The van der Waals surface area contributed by atoms with Gasteiger partial charge < -0.3 is 15.1 Å². The zero-order valence-corrected chi connectivity index (χ0v) is 9.30. The number of furan rings is 1. The molecule has 15 heavy (non-hydrogen) atoms. The van der Waals surface area contributed by atoms with Crippen LogP contribution in [0.15, 0.2) is 16.5 Å². The zero-order valence-electron chi connectivity index (χ0n) is 9.30. The van der Waals surface area contributed by atoms with Crippen molar-refractivity contribution < 1.29 is 9.21 Å². The molecule has 2 N–H and O–H groups in total. The third kappa shape index (κ3) is 4.65. The summed E-state index contributed by atoms with van der Waals surface area (Å²) in [4.78, 5) is 11.2. The van der Waals surface area contributed by atoms with E-state index in [2.05, 4.69) is 10.6 Å². The van der Waals surface area contributed by atoms with Crippen molar-refractivity contribution in [3.8, 4) is 0 Å². The van der Waals surface area contributed by atoms with Crippen LogP contribution in [0.25, 0.3) is 0 Å². The van der Waals surface area contributed by atoms with Crippen LogP contribution in [0.2, 0.25) is 0 Å². The van der Waals surface area contributed by atoms with Crippen LogP contribution >= 0.6 is 0 Å². The minimum Gasteiger partial charge on any atom is -0.465 e. The number of hydrogen-bond donors (Lipinski definition) is 2. The summed E-state index contributed by atoms with van der Waals surface area (Å²) in [5.74, 6) is 1.78. The Hall–Kier alpha value is -1.29. The van der Waals surface area contributed by atoms with Gasteiger partial charge in [-0.1, -0.05) is 6.92 Å². The van der Waals surface area contributed by atoms with Gasteiger partial charge in [0.2, 0.25) is 5.91 Å². The average molecular weight is 210 g/mol. The molecule has 1 rings (SSSR count). The van der Waals surface area contributed by atoms with E-state index in [-0.39, 0.29) is 5.91 Å². The van der Waals surface area contributed by atoms with Gasteiger partial charge in [0.05, 0.1) is 13.1 Å². The number of carbonyl (C=O) groups is 1. The molecule has 1 heterocycles. The monoisotopic (exact) mass is 210 g/mol. The van der Waals surface area contributed by atoms with E-state index in [0.717, 1.165) is 24.5 Å². The molecule has 0 saturated carbocycles. The van der Waals surface area contributed by atoms with Crippen molar-refractivity contribution in [2.45, 2.75) is 26.8 Å². The molecule has 0 fully saturated rings. The van der Waals surface area contributed by atoms with Gasteiger partial charge in [-0.25, -0.2) is 0 Å². The third-order valence-electron chi connectivity index (χ3n) is 1.95. The number of aryl methyl sites for hydroxylation is 1. The first-order valence-corrected chi connectivity index (χ1v) is 5.25. The topological polar surface area (TPSA) is 54.3 Å². The first kappa shape index (κ1) is 11.8. The number of carbonyl (C=O) groups excluding carboxylic acids is 1. The summed E-state index contributed by atoms with van der Waals surface area (Å²) in [6.45, 7) is 5.59. The molecule has 0 radical (unpaired) electrons. The van der Waals surface area contributed by atoms with Gasteiger partial charge in [0, 0.05) is 6.54 Å². The van der Waals surface area contributed by atoms with Crippen LogP contribution in [0.1, 0.15) is 24.9 Å². The fourth-order valence-corrected chi connectivity index (χ4v) is 1.21. The Morgan fingerprint density at radius 2 is 2.27 bits per heavy atom. The van der Waals surface area contributed by atoms with Crippen LogP contribution in [0.3, 0.4) is 0 Å². The maximum atomic E-state index is 11.2. The van der Waals surface area contributed by atoms with E-state index in [9.17, 15) is 4.79 Å². The lowest BCUT2D eigenvalue weighted by Crippen LogP contribution is -2.33. The second kappa shape index (κ2) is 6.24. The van der Waals surface area contributed by atoms with Crippen LogP contribution < -0.4 is 10.6 Å². The van der Waals surface area contributed by atoms with E-state index in [1.54, 1.807) is 0 Å². The van der Waals surface area contributed by atoms with E-state index in [1.807, 2.05) is 26.0 Å². The van der Waals surface area contributed by atoms with Crippen molar-refractivity contribution >= 4 is 5.91 Å². The second-order valence-corrected chi connectivity index (χ2v) is 3.47. The average Bonchev–Trinajstić information content (AvgIpc) is 2.61. The fraction of sp³-hybridized carbons (Fsp3) is 0.545. The highest BCUT2D eigenvalue weighted by Gasteiger charge is 2.01. The van der Waals surface area contributed by atoms with E-state index in [4.69, 9.17) is 4.42 Å². The molecular weight excluding hydrogens is 192 g/mol. The molecule has 0 saturated heterocycles. The minimum absolute atomic E-state index is 0.0279. The van der Waals surface area contributed by atoms with Gasteiger partial charge in [-0.15, -0.1) is 0 Å². The molecule has 0 bridgehead atoms. The maximum absolute atomic E-state index is 11.2. The van der Waals surface area contributed by atoms with Gasteiger partial charge in [0.25, 0.3) is 0 Å². The highest BCUT2D eigenvalue weighted by atomic mass is 16.3. The predicted molar refractivity (Wildman–Crippen MR) is 58.5 cm³/mol. The molecule has 84 valence electrons. The normalized spacial score (nSPS) is 10.3. The lowest BCUT2D eigenvalue weighted by atomic mass is 10.4. The Morgan fingerprint density at radius 1 is 1.47 bits per heavy atom. The summed E-state index contributed by atoms with van der Waals surface area (Å²) in [6.07, 6.45) is 0.961. The molecule has 1 aromatic heterocycles. The summed E-state index contributed by atoms with van der Waals surface area (Å²) in [7, 11) is 0. The largest absolute Gasteiger partial charge is 0.465 e. The number of nitrogens with one attached hydrogen (secondary N) is 2. The quantitative estimate of drug-likeness (QED) is 0.742. The number of amides is 1. The summed E-state index contributed by atoms with van der Waals surface area (Å²) in [5, 5.41) is 5.81. The molecule has 0 atom stereocenters. The third-order valence-corrected chi connectivity index (χ3v) is 1.95. The molecule has 1 aromatic rings. The Balaban J connectivity index is 2.13.